The number of aromatic amines is 1. The predicted octanol–water partition coefficient (Wildman–Crippen LogP) is 5.22. The van der Waals surface area contributed by atoms with Gasteiger partial charge in [0.25, 0.3) is 0 Å². The van der Waals surface area contributed by atoms with Crippen LogP contribution in [0.3, 0.4) is 0 Å². The molecule has 28 heavy (non-hydrogen) atoms. The van der Waals surface area contributed by atoms with Gasteiger partial charge >= 0.3 is 0 Å². The molecular formula is C24H32N4. The van der Waals surface area contributed by atoms with E-state index in [1.807, 2.05) is 36.5 Å². The lowest BCUT2D eigenvalue weighted by Gasteiger charge is -2.32. The Hall–Kier alpha value is -3.01. The number of aromatic nitrogens is 2. The number of imidazole rings is 1. The van der Waals surface area contributed by atoms with E-state index in [0.29, 0.717) is 0 Å². The standard InChI is InChI=1S/C24H32N4/c1-7-13-19-20(14-8-2)26-23(25-19)24-27(17-11-5)21(15-9-3)22(16-10-4)28(24)18-12-6/h7-12,24H,1-6,13-18H2,(H,25,26). The Morgan fingerprint density at radius 2 is 1.21 bits per heavy atom. The highest BCUT2D eigenvalue weighted by atomic mass is 15.4. The lowest BCUT2D eigenvalue weighted by Crippen LogP contribution is -2.34. The minimum atomic E-state index is -0.0527. The minimum Gasteiger partial charge on any atom is -0.343 e. The Morgan fingerprint density at radius 3 is 1.64 bits per heavy atom. The van der Waals surface area contributed by atoms with Crippen LogP contribution in [0.25, 0.3) is 0 Å². The van der Waals surface area contributed by atoms with E-state index < -0.39 is 0 Å². The lowest BCUT2D eigenvalue weighted by molar-refractivity contribution is 0.151. The summed E-state index contributed by atoms with van der Waals surface area (Å²) in [6, 6.07) is 0. The molecule has 1 aromatic rings. The van der Waals surface area contributed by atoms with Gasteiger partial charge in [-0.2, -0.15) is 0 Å². The highest BCUT2D eigenvalue weighted by Crippen LogP contribution is 2.41. The summed E-state index contributed by atoms with van der Waals surface area (Å²) >= 11 is 0. The van der Waals surface area contributed by atoms with Crippen molar-refractivity contribution in [1.29, 1.82) is 0 Å². The third-order valence-electron chi connectivity index (χ3n) is 4.76. The van der Waals surface area contributed by atoms with E-state index in [-0.39, 0.29) is 6.17 Å². The van der Waals surface area contributed by atoms with Gasteiger partial charge in [0.15, 0.2) is 6.17 Å². The van der Waals surface area contributed by atoms with Gasteiger partial charge in [-0.1, -0.05) is 36.5 Å². The quantitative estimate of drug-likeness (QED) is 0.480. The second kappa shape index (κ2) is 10.4. The summed E-state index contributed by atoms with van der Waals surface area (Å²) in [7, 11) is 0. The summed E-state index contributed by atoms with van der Waals surface area (Å²) in [5.74, 6) is 0.915. The van der Waals surface area contributed by atoms with Gasteiger partial charge in [0, 0.05) is 55.9 Å². The first kappa shape index (κ1) is 21.3. The van der Waals surface area contributed by atoms with Gasteiger partial charge in [0.05, 0.1) is 5.69 Å². The van der Waals surface area contributed by atoms with Crippen LogP contribution >= 0.6 is 0 Å². The van der Waals surface area contributed by atoms with Crippen molar-refractivity contribution < 1.29 is 0 Å². The molecule has 0 bridgehead atoms. The van der Waals surface area contributed by atoms with Crippen LogP contribution in [0, 0.1) is 0 Å². The lowest BCUT2D eigenvalue weighted by atomic mass is 10.2. The molecule has 0 saturated carbocycles. The number of H-pyrrole nitrogens is 1. The first-order valence-corrected chi connectivity index (χ1v) is 9.65. The smallest absolute Gasteiger partial charge is 0.162 e. The molecule has 0 radical (unpaired) electrons. The fraction of sp³-hybridized carbons (Fsp3) is 0.292. The third kappa shape index (κ3) is 4.28. The van der Waals surface area contributed by atoms with Gasteiger partial charge in [-0.25, -0.2) is 4.98 Å². The number of nitrogens with zero attached hydrogens (tertiary/aromatic N) is 3. The normalized spacial score (nSPS) is 14.3. The predicted molar refractivity (Wildman–Crippen MR) is 120 cm³/mol. The average molecular weight is 377 g/mol. The van der Waals surface area contributed by atoms with Crippen LogP contribution in [0.15, 0.2) is 87.3 Å². The average Bonchev–Trinajstić information content (AvgIpc) is 3.18. The van der Waals surface area contributed by atoms with Crippen molar-refractivity contribution in [3.63, 3.8) is 0 Å². The second-order valence-electron chi connectivity index (χ2n) is 6.67. The summed E-state index contributed by atoms with van der Waals surface area (Å²) < 4.78 is 0. The van der Waals surface area contributed by atoms with Crippen LogP contribution < -0.4 is 0 Å². The maximum absolute atomic E-state index is 4.95. The molecule has 4 nitrogen and oxygen atoms in total. The molecular weight excluding hydrogens is 344 g/mol. The Morgan fingerprint density at radius 1 is 0.714 bits per heavy atom. The zero-order valence-corrected chi connectivity index (χ0v) is 16.9. The molecule has 0 unspecified atom stereocenters. The fourth-order valence-corrected chi connectivity index (χ4v) is 3.74. The molecule has 1 aromatic heterocycles. The van der Waals surface area contributed by atoms with E-state index in [1.165, 1.54) is 11.4 Å². The summed E-state index contributed by atoms with van der Waals surface area (Å²) in [4.78, 5) is 13.2. The van der Waals surface area contributed by atoms with Gasteiger partial charge < -0.3 is 14.8 Å². The van der Waals surface area contributed by atoms with Crippen molar-refractivity contribution in [2.24, 2.45) is 0 Å². The molecule has 148 valence electrons. The Balaban J connectivity index is 2.59. The van der Waals surface area contributed by atoms with Gasteiger partial charge in [-0.15, -0.1) is 39.5 Å². The summed E-state index contributed by atoms with van der Waals surface area (Å²) in [5, 5.41) is 0. The van der Waals surface area contributed by atoms with Crippen molar-refractivity contribution in [1.82, 2.24) is 19.8 Å². The van der Waals surface area contributed by atoms with Gasteiger partial charge in [0.2, 0.25) is 0 Å². The Labute approximate surface area is 169 Å². The van der Waals surface area contributed by atoms with Crippen LogP contribution in [0.1, 0.15) is 36.2 Å². The molecule has 2 rings (SSSR count). The molecule has 1 aliphatic rings. The van der Waals surface area contributed by atoms with E-state index in [4.69, 9.17) is 4.98 Å². The highest BCUT2D eigenvalue weighted by Gasteiger charge is 2.38. The van der Waals surface area contributed by atoms with E-state index in [1.54, 1.807) is 0 Å². The van der Waals surface area contributed by atoms with Crippen LogP contribution in [-0.4, -0.2) is 32.9 Å². The molecule has 0 atom stereocenters. The van der Waals surface area contributed by atoms with Gasteiger partial charge in [-0.05, 0) is 0 Å². The molecule has 1 N–H and O–H groups in total. The van der Waals surface area contributed by atoms with Crippen molar-refractivity contribution in [2.45, 2.75) is 31.8 Å². The van der Waals surface area contributed by atoms with Crippen LogP contribution in [0.4, 0.5) is 0 Å². The Bertz CT molecular complexity index is 719. The SMILES string of the molecule is C=CCC1=C(CC=C)N(CC=C)C(c2nc(CC=C)c(CC=C)[nH]2)N1CC=C. The summed E-state index contributed by atoms with van der Waals surface area (Å²) in [5.41, 5.74) is 4.57. The van der Waals surface area contributed by atoms with Crippen molar-refractivity contribution in [3.05, 3.63) is 105 Å². The topological polar surface area (TPSA) is 35.2 Å². The largest absolute Gasteiger partial charge is 0.343 e. The number of rotatable bonds is 13. The molecule has 0 spiro atoms. The Kier molecular flexibility index (Phi) is 7.88. The first-order valence-electron chi connectivity index (χ1n) is 9.65. The molecule has 4 heteroatoms. The third-order valence-corrected chi connectivity index (χ3v) is 4.76. The maximum atomic E-state index is 4.95. The summed E-state index contributed by atoms with van der Waals surface area (Å²) in [6.07, 6.45) is 14.5. The van der Waals surface area contributed by atoms with Crippen molar-refractivity contribution in [3.8, 4) is 0 Å². The van der Waals surface area contributed by atoms with E-state index >= 15 is 0 Å². The number of nitrogens with one attached hydrogen (secondary N) is 1. The van der Waals surface area contributed by atoms with Crippen LogP contribution in [-0.2, 0) is 12.8 Å². The van der Waals surface area contributed by atoms with Crippen molar-refractivity contribution in [2.75, 3.05) is 13.1 Å². The van der Waals surface area contributed by atoms with E-state index in [9.17, 15) is 0 Å². The van der Waals surface area contributed by atoms with Gasteiger partial charge in [0.1, 0.15) is 5.82 Å². The molecule has 1 aliphatic heterocycles. The van der Waals surface area contributed by atoms with Crippen molar-refractivity contribution >= 4 is 0 Å². The molecule has 0 fully saturated rings. The molecule has 0 aromatic carbocycles. The number of hydrogen-bond donors (Lipinski definition) is 1. The number of allylic oxidation sites excluding steroid dienone is 4. The fourth-order valence-electron chi connectivity index (χ4n) is 3.74. The number of hydrogen-bond acceptors (Lipinski definition) is 3. The molecule has 0 saturated heterocycles. The minimum absolute atomic E-state index is 0.0527. The molecule has 0 amide bonds. The molecule has 0 aliphatic carbocycles. The maximum Gasteiger partial charge on any atom is 0.162 e. The van der Waals surface area contributed by atoms with Crippen LogP contribution in [0.2, 0.25) is 0 Å². The summed E-state index contributed by atoms with van der Waals surface area (Å²) in [6.45, 7) is 25.0. The van der Waals surface area contributed by atoms with E-state index in [0.717, 1.165) is 56.0 Å². The monoisotopic (exact) mass is 376 g/mol. The first-order chi connectivity index (χ1) is 13.7. The zero-order chi connectivity index (χ0) is 20.5. The zero-order valence-electron chi connectivity index (χ0n) is 16.9. The van der Waals surface area contributed by atoms with E-state index in [2.05, 4.69) is 54.3 Å². The highest BCUT2D eigenvalue weighted by molar-refractivity contribution is 5.30. The molecule has 2 heterocycles. The van der Waals surface area contributed by atoms with Gasteiger partial charge in [-0.3, -0.25) is 0 Å². The van der Waals surface area contributed by atoms with Crippen LogP contribution in [0.5, 0.6) is 0 Å². The second-order valence-corrected chi connectivity index (χ2v) is 6.67.